The molecule has 2 aromatic rings. The molecule has 35 heavy (non-hydrogen) atoms. The van der Waals surface area contributed by atoms with Gasteiger partial charge in [0.15, 0.2) is 0 Å². The van der Waals surface area contributed by atoms with Crippen LogP contribution in [-0.2, 0) is 14.3 Å². The molecular formula is C26H28F2N2O5. The zero-order chi connectivity index (χ0) is 25.0. The number of nitrogens with zero attached hydrogens (tertiary/aromatic N) is 1. The second-order valence-corrected chi connectivity index (χ2v) is 8.99. The summed E-state index contributed by atoms with van der Waals surface area (Å²) in [5.74, 6) is -7.35. The lowest BCUT2D eigenvalue weighted by Gasteiger charge is -2.16. The van der Waals surface area contributed by atoms with Crippen molar-refractivity contribution in [3.63, 3.8) is 0 Å². The fourth-order valence-corrected chi connectivity index (χ4v) is 4.81. The van der Waals surface area contributed by atoms with Gasteiger partial charge in [0, 0.05) is 25.4 Å². The van der Waals surface area contributed by atoms with Crippen LogP contribution in [-0.4, -0.2) is 60.1 Å². The molecular weight excluding hydrogens is 458 g/mol. The molecule has 0 bridgehead atoms. The number of carboxylic acids is 1. The number of hydrogen-bond donors (Lipinski definition) is 2. The van der Waals surface area contributed by atoms with E-state index in [0.717, 1.165) is 27.2 Å². The molecule has 0 saturated carbocycles. The number of alkyl halides is 2. The first-order valence-electron chi connectivity index (χ1n) is 11.7. The van der Waals surface area contributed by atoms with Crippen LogP contribution < -0.4 is 5.32 Å². The van der Waals surface area contributed by atoms with Crippen molar-refractivity contribution in [3.05, 3.63) is 59.7 Å². The van der Waals surface area contributed by atoms with E-state index in [2.05, 4.69) is 17.4 Å². The van der Waals surface area contributed by atoms with Gasteiger partial charge in [0.1, 0.15) is 12.5 Å². The minimum Gasteiger partial charge on any atom is -0.481 e. The number of unbranched alkanes of at least 4 members (excludes halogenated alkanes) is 2. The normalized spacial score (nSPS) is 18.1. The SMILES string of the molecule is O=C(NCCCCCC(=O)N1CC(C(=O)O)C(F)(F)C1)OCC1c2ccccc2-c2ccccc21. The largest absolute Gasteiger partial charge is 0.481 e. The fraction of sp³-hybridized carbons (Fsp3) is 0.423. The van der Waals surface area contributed by atoms with Crippen molar-refractivity contribution in [3.8, 4) is 11.1 Å². The molecule has 186 valence electrons. The number of nitrogens with one attached hydrogen (secondary N) is 1. The Kier molecular flexibility index (Phi) is 7.33. The van der Waals surface area contributed by atoms with Crippen molar-refractivity contribution in [1.82, 2.24) is 10.2 Å². The lowest BCUT2D eigenvalue weighted by atomic mass is 9.98. The van der Waals surface area contributed by atoms with Crippen LogP contribution in [0.2, 0.25) is 0 Å². The van der Waals surface area contributed by atoms with E-state index >= 15 is 0 Å². The van der Waals surface area contributed by atoms with Crippen LogP contribution >= 0.6 is 0 Å². The standard InChI is InChI=1S/C26H28F2N2O5/c27-26(28)16-30(14-22(26)24(32)33)23(31)12-2-1-7-13-29-25(34)35-15-21-19-10-5-3-8-17(19)18-9-4-6-11-20(18)21/h3-6,8-11,21-22H,1-2,7,12-16H2,(H,29,34)(H,32,33). The number of halogens is 2. The number of carbonyl (C=O) groups excluding carboxylic acids is 2. The second-order valence-electron chi connectivity index (χ2n) is 8.99. The Balaban J connectivity index is 1.14. The molecule has 7 nitrogen and oxygen atoms in total. The number of aliphatic carboxylic acids is 1. The minimum atomic E-state index is -3.41. The van der Waals surface area contributed by atoms with Gasteiger partial charge in [-0.3, -0.25) is 9.59 Å². The maximum Gasteiger partial charge on any atom is 0.407 e. The molecule has 1 saturated heterocycles. The van der Waals surface area contributed by atoms with Crippen LogP contribution in [0, 0.1) is 5.92 Å². The van der Waals surface area contributed by atoms with Crippen molar-refractivity contribution in [2.75, 3.05) is 26.2 Å². The van der Waals surface area contributed by atoms with Gasteiger partial charge in [-0.2, -0.15) is 0 Å². The van der Waals surface area contributed by atoms with Crippen LogP contribution in [0.3, 0.4) is 0 Å². The molecule has 1 heterocycles. The van der Waals surface area contributed by atoms with E-state index < -0.39 is 42.9 Å². The Morgan fingerprint density at radius 2 is 1.63 bits per heavy atom. The number of alkyl carbamates (subject to hydrolysis) is 1. The molecule has 2 aromatic carbocycles. The summed E-state index contributed by atoms with van der Waals surface area (Å²) in [5, 5.41) is 11.6. The lowest BCUT2D eigenvalue weighted by molar-refractivity contribution is -0.151. The third-order valence-corrected chi connectivity index (χ3v) is 6.65. The lowest BCUT2D eigenvalue weighted by Crippen LogP contribution is -2.33. The number of ether oxygens (including phenoxy) is 1. The van der Waals surface area contributed by atoms with Gasteiger partial charge in [-0.25, -0.2) is 13.6 Å². The highest BCUT2D eigenvalue weighted by molar-refractivity contribution is 5.80. The summed E-state index contributed by atoms with van der Waals surface area (Å²) in [4.78, 5) is 36.2. The Hall–Kier alpha value is -3.49. The Bertz CT molecular complexity index is 1060. The molecule has 2 amide bonds. The molecule has 1 unspecified atom stereocenters. The van der Waals surface area contributed by atoms with Crippen molar-refractivity contribution in [1.29, 1.82) is 0 Å². The number of rotatable bonds is 9. The molecule has 1 aliphatic carbocycles. The van der Waals surface area contributed by atoms with Gasteiger partial charge >= 0.3 is 12.1 Å². The van der Waals surface area contributed by atoms with Crippen LogP contribution in [0.25, 0.3) is 11.1 Å². The highest BCUT2D eigenvalue weighted by Gasteiger charge is 2.53. The first kappa shape index (κ1) is 24.6. The number of hydrogen-bond acceptors (Lipinski definition) is 4. The van der Waals surface area contributed by atoms with Gasteiger partial charge in [-0.15, -0.1) is 0 Å². The van der Waals surface area contributed by atoms with E-state index in [9.17, 15) is 23.2 Å². The topological polar surface area (TPSA) is 95.9 Å². The van der Waals surface area contributed by atoms with Gasteiger partial charge in [0.25, 0.3) is 5.92 Å². The maximum atomic E-state index is 13.7. The van der Waals surface area contributed by atoms with E-state index in [1.165, 1.54) is 0 Å². The second kappa shape index (κ2) is 10.4. The predicted octanol–water partition coefficient (Wildman–Crippen LogP) is 4.26. The number of likely N-dealkylation sites (tertiary alicyclic amines) is 1. The summed E-state index contributed by atoms with van der Waals surface area (Å²) in [6, 6.07) is 16.2. The Morgan fingerprint density at radius 1 is 1.00 bits per heavy atom. The molecule has 9 heteroatoms. The van der Waals surface area contributed by atoms with Crippen molar-refractivity contribution < 1.29 is 33.0 Å². The molecule has 0 spiro atoms. The van der Waals surface area contributed by atoms with Crippen LogP contribution in [0.5, 0.6) is 0 Å². The molecule has 2 N–H and O–H groups in total. The number of carboxylic acid groups (broad SMARTS) is 1. The van der Waals surface area contributed by atoms with Gasteiger partial charge < -0.3 is 20.1 Å². The van der Waals surface area contributed by atoms with Crippen LogP contribution in [0.4, 0.5) is 13.6 Å². The van der Waals surface area contributed by atoms with Gasteiger partial charge in [0.05, 0.1) is 6.54 Å². The van der Waals surface area contributed by atoms with Crippen LogP contribution in [0.15, 0.2) is 48.5 Å². The van der Waals surface area contributed by atoms with Gasteiger partial charge in [-0.1, -0.05) is 55.0 Å². The van der Waals surface area contributed by atoms with E-state index in [1.54, 1.807) is 0 Å². The number of amides is 2. The van der Waals surface area contributed by atoms with Gasteiger partial charge in [0.2, 0.25) is 5.91 Å². The van der Waals surface area contributed by atoms with E-state index in [0.29, 0.717) is 25.8 Å². The molecule has 1 aliphatic heterocycles. The predicted molar refractivity (Wildman–Crippen MR) is 124 cm³/mol. The number of benzene rings is 2. The highest BCUT2D eigenvalue weighted by Crippen LogP contribution is 2.44. The number of carbonyl (C=O) groups is 3. The molecule has 2 aliphatic rings. The summed E-state index contributed by atoms with van der Waals surface area (Å²) in [6.07, 6.45) is 1.23. The number of fused-ring (bicyclic) bond motifs is 3. The zero-order valence-electron chi connectivity index (χ0n) is 19.2. The summed E-state index contributed by atoms with van der Waals surface area (Å²) in [5.41, 5.74) is 4.58. The molecule has 4 rings (SSSR count). The summed E-state index contributed by atoms with van der Waals surface area (Å²) in [7, 11) is 0. The van der Waals surface area contributed by atoms with E-state index in [4.69, 9.17) is 9.84 Å². The maximum absolute atomic E-state index is 13.7. The molecule has 1 fully saturated rings. The summed E-state index contributed by atoms with van der Waals surface area (Å²) >= 11 is 0. The third kappa shape index (κ3) is 5.44. The minimum absolute atomic E-state index is 0.0159. The summed E-state index contributed by atoms with van der Waals surface area (Å²) < 4.78 is 32.9. The van der Waals surface area contributed by atoms with Crippen molar-refractivity contribution in [2.24, 2.45) is 5.92 Å². The Morgan fingerprint density at radius 3 is 2.23 bits per heavy atom. The first-order chi connectivity index (χ1) is 16.8. The average molecular weight is 487 g/mol. The zero-order valence-corrected chi connectivity index (χ0v) is 19.2. The highest BCUT2D eigenvalue weighted by atomic mass is 19.3. The van der Waals surface area contributed by atoms with Gasteiger partial charge in [-0.05, 0) is 35.1 Å². The molecule has 0 aromatic heterocycles. The quantitative estimate of drug-likeness (QED) is 0.517. The van der Waals surface area contributed by atoms with Crippen LogP contribution in [0.1, 0.15) is 42.7 Å². The van der Waals surface area contributed by atoms with E-state index in [-0.39, 0.29) is 18.9 Å². The molecule has 0 radical (unpaired) electrons. The van der Waals surface area contributed by atoms with Crippen molar-refractivity contribution in [2.45, 2.75) is 37.5 Å². The summed E-state index contributed by atoms with van der Waals surface area (Å²) in [6.45, 7) is -0.726. The fourth-order valence-electron chi connectivity index (χ4n) is 4.81. The first-order valence-corrected chi connectivity index (χ1v) is 11.7. The van der Waals surface area contributed by atoms with Crippen molar-refractivity contribution >= 4 is 18.0 Å². The third-order valence-electron chi connectivity index (χ3n) is 6.65. The molecule has 1 atom stereocenters. The Labute approximate surface area is 202 Å². The van der Waals surface area contributed by atoms with E-state index in [1.807, 2.05) is 36.4 Å². The smallest absolute Gasteiger partial charge is 0.407 e. The monoisotopic (exact) mass is 486 g/mol. The average Bonchev–Trinajstić information content (AvgIpc) is 3.34.